The quantitative estimate of drug-likeness (QED) is 0.361. The van der Waals surface area contributed by atoms with Crippen LogP contribution < -0.4 is 0 Å². The monoisotopic (exact) mass is 332 g/mol. The number of benzene rings is 4. The Morgan fingerprint density at radius 1 is 0.500 bits per heavy atom. The maximum absolute atomic E-state index is 12.8. The Balaban J connectivity index is 1.88. The van der Waals surface area contributed by atoms with Gasteiger partial charge in [0.15, 0.2) is 0 Å². The minimum atomic E-state index is -0.0396. The lowest BCUT2D eigenvalue weighted by atomic mass is 9.99. The molecule has 5 aromatic rings. The van der Waals surface area contributed by atoms with Gasteiger partial charge in [0.05, 0.1) is 11.0 Å². The summed E-state index contributed by atoms with van der Waals surface area (Å²) in [4.78, 5) is 22.6. The minimum Gasteiger partial charge on any atom is -0.287 e. The van der Waals surface area contributed by atoms with Crippen molar-refractivity contribution in [1.29, 1.82) is 0 Å². The topological polar surface area (TPSA) is 42.9 Å². The largest absolute Gasteiger partial charge is 0.287 e. The van der Waals surface area contributed by atoms with Crippen molar-refractivity contribution in [3.05, 3.63) is 84.1 Å². The maximum Gasteiger partial charge on any atom is 0.214 e. The molecule has 6 rings (SSSR count). The summed E-state index contributed by atoms with van der Waals surface area (Å²) in [6, 6.07) is 24.1. The first-order valence-corrected chi connectivity index (χ1v) is 8.58. The fourth-order valence-corrected chi connectivity index (χ4v) is 4.02. The number of carbonyl (C=O) groups is 1. The van der Waals surface area contributed by atoms with Gasteiger partial charge in [-0.1, -0.05) is 72.8 Å². The van der Waals surface area contributed by atoms with Crippen LogP contribution in [0.4, 0.5) is 0 Å². The molecule has 3 nitrogen and oxygen atoms in total. The molecule has 120 valence electrons. The van der Waals surface area contributed by atoms with Crippen LogP contribution in [0.5, 0.6) is 0 Å². The van der Waals surface area contributed by atoms with Gasteiger partial charge in [0.25, 0.3) is 0 Å². The third-order valence-corrected chi connectivity index (χ3v) is 5.19. The Morgan fingerprint density at radius 2 is 0.962 bits per heavy atom. The van der Waals surface area contributed by atoms with E-state index in [1.165, 1.54) is 0 Å². The molecule has 3 heteroatoms. The number of carbonyl (C=O) groups excluding carboxylic acids is 1. The highest BCUT2D eigenvalue weighted by atomic mass is 16.1. The van der Waals surface area contributed by atoms with Crippen LogP contribution in [0, 0.1) is 0 Å². The molecule has 0 spiro atoms. The second-order valence-electron chi connectivity index (χ2n) is 6.58. The molecule has 1 aliphatic carbocycles. The van der Waals surface area contributed by atoms with Crippen molar-refractivity contribution in [3.8, 4) is 11.3 Å². The fraction of sp³-hybridized carbons (Fsp3) is 0. The Kier molecular flexibility index (Phi) is 2.49. The number of nitrogens with zero attached hydrogens (tertiary/aromatic N) is 2. The summed E-state index contributed by atoms with van der Waals surface area (Å²) < 4.78 is 0. The van der Waals surface area contributed by atoms with E-state index in [1.807, 2.05) is 48.5 Å². The zero-order valence-corrected chi connectivity index (χ0v) is 13.7. The van der Waals surface area contributed by atoms with Gasteiger partial charge in [-0.2, -0.15) is 0 Å². The fourth-order valence-electron chi connectivity index (χ4n) is 4.02. The number of hydrogen-bond donors (Lipinski definition) is 0. The Hall–Kier alpha value is -3.59. The van der Waals surface area contributed by atoms with E-state index in [2.05, 4.69) is 24.3 Å². The highest BCUT2D eigenvalue weighted by Gasteiger charge is 2.30. The van der Waals surface area contributed by atoms with E-state index < -0.39 is 0 Å². The van der Waals surface area contributed by atoms with E-state index in [0.29, 0.717) is 17.0 Å². The molecule has 0 atom stereocenters. The second-order valence-corrected chi connectivity index (χ2v) is 6.58. The van der Waals surface area contributed by atoms with Crippen molar-refractivity contribution in [2.45, 2.75) is 0 Å². The standard InChI is InChI=1S/C23H12N2O/c26-23-18-12-6-5-11-17(18)21-22(23)25-20-16-10-4-2-8-14(16)13-7-1-3-9-15(13)19(20)24-21/h1-12H. The van der Waals surface area contributed by atoms with Crippen LogP contribution in [-0.4, -0.2) is 15.8 Å². The highest BCUT2D eigenvalue weighted by Crippen LogP contribution is 2.39. The molecule has 0 saturated heterocycles. The summed E-state index contributed by atoms with van der Waals surface area (Å²) in [5.41, 5.74) is 4.35. The molecule has 26 heavy (non-hydrogen) atoms. The third kappa shape index (κ3) is 1.60. The van der Waals surface area contributed by atoms with Gasteiger partial charge in [-0.25, -0.2) is 9.97 Å². The summed E-state index contributed by atoms with van der Waals surface area (Å²) >= 11 is 0. The molecule has 0 aliphatic heterocycles. The molecule has 1 aliphatic rings. The first kappa shape index (κ1) is 13.7. The molecule has 0 bridgehead atoms. The van der Waals surface area contributed by atoms with Crippen LogP contribution >= 0.6 is 0 Å². The zero-order chi connectivity index (χ0) is 17.3. The van der Waals surface area contributed by atoms with E-state index in [9.17, 15) is 4.79 Å². The van der Waals surface area contributed by atoms with Crippen molar-refractivity contribution < 1.29 is 4.79 Å². The number of aromatic nitrogens is 2. The molecule has 0 fully saturated rings. The third-order valence-electron chi connectivity index (χ3n) is 5.19. The van der Waals surface area contributed by atoms with Gasteiger partial charge in [0.2, 0.25) is 5.78 Å². The molecule has 0 radical (unpaired) electrons. The molecule has 1 aromatic heterocycles. The minimum absolute atomic E-state index is 0.0396. The van der Waals surface area contributed by atoms with Gasteiger partial charge in [-0.3, -0.25) is 4.79 Å². The average molecular weight is 332 g/mol. The Bertz CT molecular complexity index is 1400. The van der Waals surface area contributed by atoms with Gasteiger partial charge in [0.1, 0.15) is 11.4 Å². The lowest BCUT2D eigenvalue weighted by Crippen LogP contribution is -2.00. The molecule has 0 saturated carbocycles. The second kappa shape index (κ2) is 4.73. The van der Waals surface area contributed by atoms with Crippen molar-refractivity contribution >= 4 is 38.4 Å². The van der Waals surface area contributed by atoms with Crippen molar-refractivity contribution in [3.63, 3.8) is 0 Å². The maximum atomic E-state index is 12.8. The summed E-state index contributed by atoms with van der Waals surface area (Å²) in [7, 11) is 0. The van der Waals surface area contributed by atoms with E-state index in [1.54, 1.807) is 0 Å². The zero-order valence-electron chi connectivity index (χ0n) is 13.7. The average Bonchev–Trinajstić information content (AvgIpc) is 2.99. The summed E-state index contributed by atoms with van der Waals surface area (Å²) in [6.07, 6.45) is 0. The number of ketones is 1. The molecule has 1 heterocycles. The van der Waals surface area contributed by atoms with Crippen LogP contribution in [0.3, 0.4) is 0 Å². The molecule has 4 aromatic carbocycles. The lowest BCUT2D eigenvalue weighted by molar-refractivity contribution is 0.103. The van der Waals surface area contributed by atoms with E-state index >= 15 is 0 Å². The molecular weight excluding hydrogens is 320 g/mol. The number of hydrogen-bond acceptors (Lipinski definition) is 3. The van der Waals surface area contributed by atoms with Crippen molar-refractivity contribution in [2.24, 2.45) is 0 Å². The Labute approximate surface area is 148 Å². The highest BCUT2D eigenvalue weighted by molar-refractivity contribution is 6.26. The smallest absolute Gasteiger partial charge is 0.214 e. The van der Waals surface area contributed by atoms with E-state index in [0.717, 1.165) is 38.1 Å². The van der Waals surface area contributed by atoms with Crippen LogP contribution in [0.1, 0.15) is 16.1 Å². The number of rotatable bonds is 0. The SMILES string of the molecule is O=C1c2ccccc2-c2nc3c4ccccc4c4ccccc4c3nc21. The predicted octanol–water partition coefficient (Wildman–Crippen LogP) is 5.15. The molecule has 0 unspecified atom stereocenters. The molecule has 0 N–H and O–H groups in total. The van der Waals surface area contributed by atoms with Gasteiger partial charge in [-0.05, 0) is 10.8 Å². The van der Waals surface area contributed by atoms with Gasteiger partial charge in [-0.15, -0.1) is 0 Å². The lowest BCUT2D eigenvalue weighted by Gasteiger charge is -2.10. The summed E-state index contributed by atoms with van der Waals surface area (Å²) in [5.74, 6) is -0.0396. The first-order valence-electron chi connectivity index (χ1n) is 8.58. The van der Waals surface area contributed by atoms with Gasteiger partial charge in [0, 0.05) is 21.9 Å². The van der Waals surface area contributed by atoms with Gasteiger partial charge < -0.3 is 0 Å². The van der Waals surface area contributed by atoms with Crippen LogP contribution in [0.15, 0.2) is 72.8 Å². The van der Waals surface area contributed by atoms with E-state index in [4.69, 9.17) is 9.97 Å². The molecular formula is C23H12N2O. The number of fused-ring (bicyclic) bond motifs is 9. The van der Waals surface area contributed by atoms with Crippen LogP contribution in [-0.2, 0) is 0 Å². The Morgan fingerprint density at radius 3 is 1.58 bits per heavy atom. The molecule has 0 amide bonds. The summed E-state index contributed by atoms with van der Waals surface area (Å²) in [6.45, 7) is 0. The van der Waals surface area contributed by atoms with Gasteiger partial charge >= 0.3 is 0 Å². The first-order chi connectivity index (χ1) is 12.8. The van der Waals surface area contributed by atoms with E-state index in [-0.39, 0.29) is 5.78 Å². The summed E-state index contributed by atoms with van der Waals surface area (Å²) in [5, 5.41) is 4.38. The van der Waals surface area contributed by atoms with Crippen molar-refractivity contribution in [2.75, 3.05) is 0 Å². The van der Waals surface area contributed by atoms with Crippen LogP contribution in [0.25, 0.3) is 43.8 Å². The van der Waals surface area contributed by atoms with Crippen LogP contribution in [0.2, 0.25) is 0 Å². The predicted molar refractivity (Wildman–Crippen MR) is 103 cm³/mol. The normalized spacial score (nSPS) is 12.7. The van der Waals surface area contributed by atoms with Crippen molar-refractivity contribution in [1.82, 2.24) is 9.97 Å².